The van der Waals surface area contributed by atoms with Crippen LogP contribution in [0.15, 0.2) is 146 Å². The first kappa shape index (κ1) is 68.4. The topological polar surface area (TPSA) is 141 Å². The van der Waals surface area contributed by atoms with Gasteiger partial charge in [-0.2, -0.15) is 20.3 Å². The van der Waals surface area contributed by atoms with Crippen molar-refractivity contribution in [1.82, 2.24) is 20.3 Å². The third kappa shape index (κ3) is 13.7. The van der Waals surface area contributed by atoms with Crippen LogP contribution in [0.5, 0.6) is 0 Å². The van der Waals surface area contributed by atoms with Crippen LogP contribution in [0.2, 0.25) is 0 Å². The molecule has 10 rings (SSSR count). The molecule has 0 saturated carbocycles. The maximum Gasteiger partial charge on any atom is 0.167 e. The third-order valence-electron chi connectivity index (χ3n) is 20.9. The van der Waals surface area contributed by atoms with E-state index in [0.29, 0.717) is 17.5 Å². The van der Waals surface area contributed by atoms with E-state index in [1.165, 1.54) is 5.56 Å². The fourth-order valence-electron chi connectivity index (χ4n) is 17.1. The predicted molar refractivity (Wildman–Crippen MR) is 374 cm³/mol. The van der Waals surface area contributed by atoms with Gasteiger partial charge in [0, 0.05) is 138 Å². The number of nitrogens with zero attached hydrogens (tertiary/aromatic N) is 8. The molecule has 494 valence electrons. The van der Waals surface area contributed by atoms with E-state index in [1.54, 1.807) is 44.5 Å². The molecule has 4 aliphatic rings. The Morgan fingerprint density at radius 1 is 0.359 bits per heavy atom. The Bertz CT molecular complexity index is 3420. The van der Waals surface area contributed by atoms with Crippen molar-refractivity contribution in [2.45, 2.75) is 257 Å². The van der Waals surface area contributed by atoms with Gasteiger partial charge in [0.15, 0.2) is 11.6 Å². The van der Waals surface area contributed by atoms with Crippen molar-refractivity contribution in [1.29, 1.82) is 0 Å². The summed E-state index contributed by atoms with van der Waals surface area (Å²) < 4.78 is 0. The van der Waals surface area contributed by atoms with Gasteiger partial charge in [-0.05, 0) is 278 Å². The Kier molecular flexibility index (Phi) is 18.6. The van der Waals surface area contributed by atoms with Crippen LogP contribution in [0.25, 0.3) is 0 Å². The zero-order valence-corrected chi connectivity index (χ0v) is 58.4. The number of carbonyl (C=O) groups is 2. The summed E-state index contributed by atoms with van der Waals surface area (Å²) in [4.78, 5) is 36.3. The van der Waals surface area contributed by atoms with E-state index in [1.807, 2.05) is 19.1 Å². The van der Waals surface area contributed by atoms with Crippen LogP contribution < -0.4 is 19.6 Å². The molecule has 4 N–H and O–H groups in total. The molecule has 6 aromatic rings. The number of hydroxylamine groups is 8. The molecule has 4 aliphatic heterocycles. The quantitative estimate of drug-likeness (QED) is 0.0644. The summed E-state index contributed by atoms with van der Waals surface area (Å²) in [5.74, 6) is -0.0472. The molecule has 0 unspecified atom stereocenters. The molecule has 14 nitrogen and oxygen atoms in total. The second-order valence-electron chi connectivity index (χ2n) is 32.5. The van der Waals surface area contributed by atoms with Gasteiger partial charge in [-0.1, -0.05) is 55.0 Å². The number of aryl methyl sites for hydroxylation is 1. The molecule has 4 saturated heterocycles. The fraction of sp³-hybridized carbons (Fsp3) is 0.513. The molecule has 0 bridgehead atoms. The number of piperidine rings is 4. The number of rotatable bonds is 17. The minimum Gasteiger partial charge on any atom is -0.365 e. The minimum absolute atomic E-state index is 0.00656. The van der Waals surface area contributed by atoms with Gasteiger partial charge in [-0.3, -0.25) is 9.59 Å². The van der Waals surface area contributed by atoms with Crippen LogP contribution in [-0.2, 0) is 6.42 Å². The van der Waals surface area contributed by atoms with E-state index in [0.717, 1.165) is 102 Å². The first-order valence-electron chi connectivity index (χ1n) is 33.6. The van der Waals surface area contributed by atoms with E-state index < -0.39 is 44.3 Å². The van der Waals surface area contributed by atoms with Crippen LogP contribution in [0.1, 0.15) is 207 Å². The van der Waals surface area contributed by atoms with Crippen LogP contribution in [0.3, 0.4) is 0 Å². The Hall–Kier alpha value is -6.46. The van der Waals surface area contributed by atoms with Crippen molar-refractivity contribution in [3.05, 3.63) is 168 Å². The van der Waals surface area contributed by atoms with E-state index in [-0.39, 0.29) is 42.2 Å². The summed E-state index contributed by atoms with van der Waals surface area (Å²) in [5, 5.41) is 52.5. The molecule has 0 atom stereocenters. The summed E-state index contributed by atoms with van der Waals surface area (Å²) >= 11 is 0. The normalized spacial score (nSPS) is 21.8. The van der Waals surface area contributed by atoms with Gasteiger partial charge in [-0.15, -0.1) is 0 Å². The largest absolute Gasteiger partial charge is 0.365 e. The number of hydrogen-bond donors (Lipinski definition) is 4. The molecule has 4 fully saturated rings. The zero-order valence-electron chi connectivity index (χ0n) is 58.4. The van der Waals surface area contributed by atoms with Gasteiger partial charge in [0.25, 0.3) is 0 Å². The molecular weight excluding hydrogens is 1140 g/mol. The minimum atomic E-state index is -0.492. The van der Waals surface area contributed by atoms with E-state index in [2.05, 4.69) is 246 Å². The lowest BCUT2D eigenvalue weighted by Gasteiger charge is -2.59. The highest BCUT2D eigenvalue weighted by Gasteiger charge is 2.54. The first-order valence-corrected chi connectivity index (χ1v) is 33.6. The summed E-state index contributed by atoms with van der Waals surface area (Å²) in [7, 11) is 0. The number of carbonyl (C=O) groups excluding carboxylic acids is 2. The van der Waals surface area contributed by atoms with Gasteiger partial charge < -0.3 is 40.4 Å². The molecule has 0 aliphatic carbocycles. The van der Waals surface area contributed by atoms with Crippen molar-refractivity contribution < 1.29 is 30.4 Å². The summed E-state index contributed by atoms with van der Waals surface area (Å²) in [5.41, 5.74) is 7.23. The average Bonchev–Trinajstić information content (AvgIpc) is 0.758. The number of ketones is 2. The Labute approximate surface area is 549 Å². The Morgan fingerprint density at radius 2 is 0.587 bits per heavy atom. The molecule has 0 radical (unpaired) electrons. The van der Waals surface area contributed by atoms with Crippen LogP contribution in [-0.4, -0.2) is 121 Å². The van der Waals surface area contributed by atoms with Crippen molar-refractivity contribution in [2.24, 2.45) is 0 Å². The van der Waals surface area contributed by atoms with Gasteiger partial charge in [-0.25, -0.2) is 0 Å². The smallest absolute Gasteiger partial charge is 0.167 e. The van der Waals surface area contributed by atoms with Crippen molar-refractivity contribution in [2.75, 3.05) is 19.6 Å². The zero-order chi connectivity index (χ0) is 67.1. The highest BCUT2D eigenvalue weighted by atomic mass is 16.5. The molecule has 14 heteroatoms. The third-order valence-corrected chi connectivity index (χ3v) is 20.9. The fourth-order valence-corrected chi connectivity index (χ4v) is 17.1. The highest BCUT2D eigenvalue weighted by molar-refractivity contribution is 6.02. The number of benzene rings is 6. The Balaban J connectivity index is 1.04. The average molecular weight is 1250 g/mol. The van der Waals surface area contributed by atoms with Crippen molar-refractivity contribution >= 4 is 57.1 Å². The molecule has 0 aromatic heterocycles. The van der Waals surface area contributed by atoms with E-state index in [4.69, 9.17) is 0 Å². The van der Waals surface area contributed by atoms with E-state index in [9.17, 15) is 30.4 Å². The molecule has 92 heavy (non-hydrogen) atoms. The van der Waals surface area contributed by atoms with Crippen LogP contribution in [0.4, 0.5) is 45.5 Å². The number of Topliss-reactive ketones (excluding diaryl/α,β-unsaturated/α-hetero) is 2. The summed E-state index contributed by atoms with van der Waals surface area (Å²) in [6, 6.07) is 51.0. The SMILES string of the molecule is CCC(=O)c1cccc(C(=O)Cc2ccc(N(c3ccc(N(c4ccc(C)cc4)c4ccc(N(C5CC(C)(C)N(O)C(C)(C)C5)C5CC(C)(C)N(O)C(C)(C)C5)cc4)cc3)c3ccc(N(C4CC(C)(C)N(O)C(C)(C)C4)C4CC(C)(C)N(O)C(C)(C)C4)cc3)cc2)c1. The molecule has 4 heterocycles. The predicted octanol–water partition coefficient (Wildman–Crippen LogP) is 18.2. The van der Waals surface area contributed by atoms with Crippen molar-refractivity contribution in [3.63, 3.8) is 0 Å². The maximum absolute atomic E-state index is 13.8. The van der Waals surface area contributed by atoms with E-state index >= 15 is 0 Å². The summed E-state index contributed by atoms with van der Waals surface area (Å²) in [6.07, 6.45) is 6.60. The Morgan fingerprint density at radius 3 is 0.848 bits per heavy atom. The maximum atomic E-state index is 13.8. The highest BCUT2D eigenvalue weighted by Crippen LogP contribution is 2.50. The monoisotopic (exact) mass is 1250 g/mol. The molecule has 6 aromatic carbocycles. The second kappa shape index (κ2) is 25.0. The standard InChI is InChI=1S/C78H106N8O6/c1-19-69(87)55-21-20-22-56(44-55)70(88)43-54-25-29-58(30-26-54)80(62-37-41-64(42-38-62)82(67-49-75(11,12)85(91)76(13,14)50-67)68-51-77(15,16)86(92)78(17,18)52-68)61-33-31-59(32-34-61)79(57-27-23-53(2)24-28-57)60-35-39-63(40-36-60)81(65-45-71(3,4)83(89)72(5,6)46-65)66-47-73(7,8)84(90)74(9,10)48-66/h20-42,44,65-68,89-92H,19,43,45-52H2,1-18H3. The van der Waals surface area contributed by atoms with Crippen molar-refractivity contribution in [3.8, 4) is 0 Å². The van der Waals surface area contributed by atoms with Crippen LogP contribution in [0, 0.1) is 6.92 Å². The number of anilines is 8. The second-order valence-corrected chi connectivity index (χ2v) is 32.5. The van der Waals surface area contributed by atoms with Crippen LogP contribution >= 0.6 is 0 Å². The van der Waals surface area contributed by atoms with Gasteiger partial charge in [0.2, 0.25) is 0 Å². The lowest BCUT2D eigenvalue weighted by Crippen LogP contribution is -2.67. The lowest BCUT2D eigenvalue weighted by molar-refractivity contribution is -0.250. The molecule has 0 amide bonds. The van der Waals surface area contributed by atoms with Gasteiger partial charge in [0.1, 0.15) is 0 Å². The first-order chi connectivity index (χ1) is 42.8. The van der Waals surface area contributed by atoms with Gasteiger partial charge >= 0.3 is 0 Å². The molecular formula is C78H106N8O6. The number of hydrogen-bond acceptors (Lipinski definition) is 14. The lowest BCUT2D eigenvalue weighted by atomic mass is 9.74. The van der Waals surface area contributed by atoms with Gasteiger partial charge in [0.05, 0.1) is 0 Å². The molecule has 0 spiro atoms. The summed E-state index contributed by atoms with van der Waals surface area (Å²) in [6.45, 7) is 38.1.